The second-order valence-corrected chi connectivity index (χ2v) is 8.82. The molecule has 4 rings (SSSR count). The Bertz CT molecular complexity index is 1310. The summed E-state index contributed by atoms with van der Waals surface area (Å²) in [5.41, 5.74) is 4.99. The maximum Gasteiger partial charge on any atom is 0.283 e. The molecule has 34 heavy (non-hydrogen) atoms. The van der Waals surface area contributed by atoms with Gasteiger partial charge in [0.15, 0.2) is 11.5 Å². The minimum absolute atomic E-state index is 0.00945. The molecular formula is C23H21N3O7S. The lowest BCUT2D eigenvalue weighted by Gasteiger charge is -2.25. The van der Waals surface area contributed by atoms with Gasteiger partial charge in [-0.25, -0.2) is 8.42 Å². The number of ether oxygens (including phenoxy) is 3. The molecule has 176 valence electrons. The van der Waals surface area contributed by atoms with Crippen molar-refractivity contribution in [1.82, 2.24) is 10.9 Å². The Balaban J connectivity index is 1.35. The van der Waals surface area contributed by atoms with Crippen LogP contribution in [0.4, 0.5) is 5.69 Å². The first kappa shape index (κ1) is 22.9. The van der Waals surface area contributed by atoms with Crippen molar-refractivity contribution in [3.05, 3.63) is 78.4 Å². The number of para-hydroxylation sites is 4. The number of carbonyl (C=O) groups is 2. The molecule has 1 aliphatic heterocycles. The zero-order valence-corrected chi connectivity index (χ0v) is 18.8. The van der Waals surface area contributed by atoms with Crippen LogP contribution in [0.1, 0.15) is 10.4 Å². The first-order valence-corrected chi connectivity index (χ1v) is 11.6. The summed E-state index contributed by atoms with van der Waals surface area (Å²) in [4.78, 5) is 24.7. The van der Waals surface area contributed by atoms with Gasteiger partial charge in [-0.15, -0.1) is 0 Å². The van der Waals surface area contributed by atoms with Gasteiger partial charge in [-0.2, -0.15) is 0 Å². The summed E-state index contributed by atoms with van der Waals surface area (Å²) < 4.78 is 44.0. The highest BCUT2D eigenvalue weighted by Gasteiger charge is 2.27. The quantitative estimate of drug-likeness (QED) is 0.458. The van der Waals surface area contributed by atoms with E-state index in [0.29, 0.717) is 17.2 Å². The zero-order valence-electron chi connectivity index (χ0n) is 18.0. The van der Waals surface area contributed by atoms with E-state index in [1.54, 1.807) is 48.5 Å². The average Bonchev–Trinajstić information content (AvgIpc) is 2.87. The maximum atomic E-state index is 12.7. The van der Waals surface area contributed by atoms with Crippen molar-refractivity contribution in [3.63, 3.8) is 0 Å². The van der Waals surface area contributed by atoms with Crippen LogP contribution in [0.5, 0.6) is 17.2 Å². The van der Waals surface area contributed by atoms with E-state index in [1.165, 1.54) is 31.4 Å². The molecule has 0 saturated carbocycles. The third-order valence-electron chi connectivity index (χ3n) is 4.88. The van der Waals surface area contributed by atoms with Crippen LogP contribution in [0.25, 0.3) is 0 Å². The smallest absolute Gasteiger partial charge is 0.283 e. The first-order valence-electron chi connectivity index (χ1n) is 10.1. The molecule has 1 atom stereocenters. The van der Waals surface area contributed by atoms with Gasteiger partial charge in [-0.05, 0) is 48.5 Å². The number of fused-ring (bicyclic) bond motifs is 1. The molecule has 3 aromatic carbocycles. The molecule has 0 bridgehead atoms. The molecular weight excluding hydrogens is 462 g/mol. The second kappa shape index (κ2) is 9.71. The minimum atomic E-state index is -3.91. The number of carbonyl (C=O) groups excluding carboxylic acids is 2. The summed E-state index contributed by atoms with van der Waals surface area (Å²) in [7, 11) is -2.48. The molecule has 1 aliphatic rings. The molecule has 11 heteroatoms. The predicted molar refractivity (Wildman–Crippen MR) is 122 cm³/mol. The van der Waals surface area contributed by atoms with Crippen LogP contribution in [-0.2, 0) is 14.8 Å². The van der Waals surface area contributed by atoms with Crippen LogP contribution in [0.2, 0.25) is 0 Å². The summed E-state index contributed by atoms with van der Waals surface area (Å²) in [5, 5.41) is 0. The molecule has 1 unspecified atom stereocenters. The predicted octanol–water partition coefficient (Wildman–Crippen LogP) is 2.10. The van der Waals surface area contributed by atoms with Gasteiger partial charge in [0.25, 0.3) is 21.8 Å². The number of methoxy groups -OCH3 is 1. The first-order chi connectivity index (χ1) is 16.4. The van der Waals surface area contributed by atoms with Crippen LogP contribution >= 0.6 is 0 Å². The molecule has 2 amide bonds. The van der Waals surface area contributed by atoms with Gasteiger partial charge in [0.05, 0.1) is 17.7 Å². The number of anilines is 1. The SMILES string of the molecule is COc1ccccc1NS(=O)(=O)c1ccc(C(=O)NNC(=O)C2COc3ccccc3O2)cc1. The van der Waals surface area contributed by atoms with E-state index in [4.69, 9.17) is 14.2 Å². The summed E-state index contributed by atoms with van der Waals surface area (Å²) in [6.45, 7) is -0.00945. The fraction of sp³-hybridized carbons (Fsp3) is 0.130. The largest absolute Gasteiger partial charge is 0.495 e. The monoisotopic (exact) mass is 483 g/mol. The van der Waals surface area contributed by atoms with Gasteiger partial charge in [0.2, 0.25) is 6.10 Å². The van der Waals surface area contributed by atoms with Gasteiger partial charge in [0, 0.05) is 5.56 Å². The topological polar surface area (TPSA) is 132 Å². The lowest BCUT2D eigenvalue weighted by atomic mass is 10.2. The molecule has 10 nitrogen and oxygen atoms in total. The molecule has 0 saturated heterocycles. The zero-order chi connectivity index (χ0) is 24.1. The van der Waals surface area contributed by atoms with Crippen molar-refractivity contribution >= 4 is 27.5 Å². The number of benzene rings is 3. The van der Waals surface area contributed by atoms with Crippen molar-refractivity contribution < 1.29 is 32.2 Å². The van der Waals surface area contributed by atoms with E-state index >= 15 is 0 Å². The summed E-state index contributed by atoms with van der Waals surface area (Å²) in [6.07, 6.45) is -0.941. The van der Waals surface area contributed by atoms with Crippen LogP contribution in [0.3, 0.4) is 0 Å². The van der Waals surface area contributed by atoms with Crippen LogP contribution < -0.4 is 29.8 Å². The maximum absolute atomic E-state index is 12.7. The molecule has 3 aromatic rings. The fourth-order valence-electron chi connectivity index (χ4n) is 3.14. The van der Waals surface area contributed by atoms with E-state index in [-0.39, 0.29) is 22.8 Å². The van der Waals surface area contributed by atoms with Gasteiger partial charge < -0.3 is 14.2 Å². The number of amides is 2. The van der Waals surface area contributed by atoms with E-state index < -0.39 is 27.9 Å². The lowest BCUT2D eigenvalue weighted by Crippen LogP contribution is -2.50. The van der Waals surface area contributed by atoms with E-state index in [1.807, 2.05) is 0 Å². The number of nitrogens with one attached hydrogen (secondary N) is 3. The van der Waals surface area contributed by atoms with E-state index in [0.717, 1.165) is 0 Å². The fourth-order valence-corrected chi connectivity index (χ4v) is 4.21. The third kappa shape index (κ3) is 5.04. The lowest BCUT2D eigenvalue weighted by molar-refractivity contribution is -0.131. The van der Waals surface area contributed by atoms with Gasteiger partial charge >= 0.3 is 0 Å². The summed E-state index contributed by atoms with van der Waals surface area (Å²) in [5.74, 6) is 0.105. The van der Waals surface area contributed by atoms with Crippen LogP contribution in [-0.4, -0.2) is 40.1 Å². The number of hydrogen-bond donors (Lipinski definition) is 3. The summed E-state index contributed by atoms with van der Waals surface area (Å²) in [6, 6.07) is 18.7. The van der Waals surface area contributed by atoms with Gasteiger partial charge in [-0.1, -0.05) is 24.3 Å². The molecule has 0 aliphatic carbocycles. The Morgan fingerprint density at radius 2 is 1.59 bits per heavy atom. The van der Waals surface area contributed by atoms with Gasteiger partial charge in [0.1, 0.15) is 12.4 Å². The molecule has 0 aromatic heterocycles. The number of hydrazine groups is 1. The Kier molecular flexibility index (Phi) is 6.55. The number of hydrogen-bond acceptors (Lipinski definition) is 7. The van der Waals surface area contributed by atoms with Crippen LogP contribution in [0.15, 0.2) is 77.7 Å². The normalized spacial score (nSPS) is 14.6. The highest BCUT2D eigenvalue weighted by Crippen LogP contribution is 2.31. The van der Waals surface area contributed by atoms with Crippen LogP contribution in [0, 0.1) is 0 Å². The molecule has 1 heterocycles. The Morgan fingerprint density at radius 1 is 0.912 bits per heavy atom. The Labute approximate surface area is 195 Å². The third-order valence-corrected chi connectivity index (χ3v) is 6.26. The molecule has 0 fully saturated rings. The van der Waals surface area contributed by atoms with E-state index in [2.05, 4.69) is 15.6 Å². The summed E-state index contributed by atoms with van der Waals surface area (Å²) >= 11 is 0. The minimum Gasteiger partial charge on any atom is -0.495 e. The molecule has 0 spiro atoms. The van der Waals surface area contributed by atoms with Crippen molar-refractivity contribution in [1.29, 1.82) is 0 Å². The van der Waals surface area contributed by atoms with Crippen molar-refractivity contribution in [2.24, 2.45) is 0 Å². The van der Waals surface area contributed by atoms with E-state index in [9.17, 15) is 18.0 Å². The molecule has 0 radical (unpaired) electrons. The number of rotatable bonds is 6. The number of sulfonamides is 1. The Hall–Kier alpha value is -4.25. The van der Waals surface area contributed by atoms with Crippen molar-refractivity contribution in [2.45, 2.75) is 11.0 Å². The standard InChI is InChI=1S/C23H21N3O7S/c1-31-18-7-3-2-6-17(18)26-34(29,30)16-12-10-15(11-13-16)22(27)24-25-23(28)21-14-32-19-8-4-5-9-20(19)33-21/h2-13,21,26H,14H2,1H3,(H,24,27)(H,25,28). The highest BCUT2D eigenvalue weighted by molar-refractivity contribution is 7.92. The second-order valence-electron chi connectivity index (χ2n) is 7.14. The van der Waals surface area contributed by atoms with Crippen molar-refractivity contribution in [3.8, 4) is 17.2 Å². The Morgan fingerprint density at radius 3 is 2.32 bits per heavy atom. The van der Waals surface area contributed by atoms with Crippen molar-refractivity contribution in [2.75, 3.05) is 18.4 Å². The molecule has 3 N–H and O–H groups in total. The van der Waals surface area contributed by atoms with Gasteiger partial charge in [-0.3, -0.25) is 25.2 Å². The highest BCUT2D eigenvalue weighted by atomic mass is 32.2. The average molecular weight is 484 g/mol.